The summed E-state index contributed by atoms with van der Waals surface area (Å²) in [6, 6.07) is 14.5. The molecule has 0 saturated heterocycles. The average Bonchev–Trinajstić information content (AvgIpc) is 2.71. The zero-order valence-electron chi connectivity index (χ0n) is 16.0. The number of hydrazine groups is 1. The first-order valence-electron chi connectivity index (χ1n) is 9.08. The average molecular weight is 370 g/mol. The highest BCUT2D eigenvalue weighted by atomic mass is 16.5. The van der Waals surface area contributed by atoms with Crippen LogP contribution >= 0.6 is 0 Å². The van der Waals surface area contributed by atoms with E-state index in [0.717, 1.165) is 17.1 Å². The maximum Gasteiger partial charge on any atom is 0.269 e. The first-order chi connectivity index (χ1) is 13.0. The van der Waals surface area contributed by atoms with E-state index in [1.54, 1.807) is 19.1 Å². The predicted octanol–water partition coefficient (Wildman–Crippen LogP) is 3.47. The summed E-state index contributed by atoms with van der Waals surface area (Å²) < 4.78 is 11.1. The topological polar surface area (TPSA) is 76.7 Å². The first-order valence-corrected chi connectivity index (χ1v) is 9.08. The highest BCUT2D eigenvalue weighted by Gasteiger charge is 2.12. The van der Waals surface area contributed by atoms with Crippen LogP contribution in [0.4, 0.5) is 0 Å². The Morgan fingerprint density at radius 1 is 0.889 bits per heavy atom. The Kier molecular flexibility index (Phi) is 7.67. The summed E-state index contributed by atoms with van der Waals surface area (Å²) in [4.78, 5) is 23.8. The van der Waals surface area contributed by atoms with E-state index in [9.17, 15) is 9.59 Å². The van der Waals surface area contributed by atoms with E-state index in [-0.39, 0.29) is 17.7 Å². The summed E-state index contributed by atoms with van der Waals surface area (Å²) in [5.41, 5.74) is 6.25. The third-order valence-corrected chi connectivity index (χ3v) is 4.12. The van der Waals surface area contributed by atoms with Crippen molar-refractivity contribution in [2.75, 3.05) is 6.61 Å². The summed E-state index contributed by atoms with van der Waals surface area (Å²) >= 11 is 0. The molecule has 1 atom stereocenters. The van der Waals surface area contributed by atoms with Gasteiger partial charge in [-0.25, -0.2) is 0 Å². The number of amides is 2. The molecule has 2 N–H and O–H groups in total. The van der Waals surface area contributed by atoms with Gasteiger partial charge in [-0.1, -0.05) is 26.0 Å². The second-order valence-corrected chi connectivity index (χ2v) is 6.14. The summed E-state index contributed by atoms with van der Waals surface area (Å²) in [6.45, 7) is 6.68. The molecule has 0 aromatic heterocycles. The molecule has 0 heterocycles. The zero-order chi connectivity index (χ0) is 19.6. The third-order valence-electron chi connectivity index (χ3n) is 4.12. The van der Waals surface area contributed by atoms with Crippen molar-refractivity contribution in [1.29, 1.82) is 0 Å². The number of nitrogens with one attached hydrogen (secondary N) is 2. The Morgan fingerprint density at radius 2 is 1.48 bits per heavy atom. The van der Waals surface area contributed by atoms with Gasteiger partial charge in [0.05, 0.1) is 6.61 Å². The lowest BCUT2D eigenvalue weighted by atomic mass is 10.1. The Balaban J connectivity index is 1.83. The van der Waals surface area contributed by atoms with Crippen molar-refractivity contribution in [2.45, 2.75) is 33.8 Å². The quantitative estimate of drug-likeness (QED) is 0.698. The van der Waals surface area contributed by atoms with Gasteiger partial charge >= 0.3 is 0 Å². The van der Waals surface area contributed by atoms with Crippen molar-refractivity contribution in [3.63, 3.8) is 0 Å². The Bertz CT molecular complexity index is 742. The van der Waals surface area contributed by atoms with Gasteiger partial charge in [0.15, 0.2) is 0 Å². The standard InChI is InChI=1S/C21H26N2O4/c1-4-15(3)20(24)22-23-21(25)17-8-6-16(7-9-17)14-27-19-12-10-18(11-13-19)26-5-2/h6-13,15H,4-5,14H2,1-3H3,(H,22,24)(H,23,25)/t15-/m1/s1. The van der Waals surface area contributed by atoms with Crippen LogP contribution < -0.4 is 20.3 Å². The van der Waals surface area contributed by atoms with E-state index in [4.69, 9.17) is 9.47 Å². The fourth-order valence-electron chi connectivity index (χ4n) is 2.22. The Hall–Kier alpha value is -3.02. The van der Waals surface area contributed by atoms with Gasteiger partial charge in [-0.3, -0.25) is 20.4 Å². The summed E-state index contributed by atoms with van der Waals surface area (Å²) in [6.07, 6.45) is 0.713. The van der Waals surface area contributed by atoms with Crippen LogP contribution in [0.2, 0.25) is 0 Å². The molecule has 2 rings (SSSR count). The molecule has 0 unspecified atom stereocenters. The molecule has 0 bridgehead atoms. The molecule has 2 amide bonds. The molecule has 0 aliphatic rings. The smallest absolute Gasteiger partial charge is 0.269 e. The van der Waals surface area contributed by atoms with Crippen molar-refractivity contribution in [1.82, 2.24) is 10.9 Å². The summed E-state index contributed by atoms with van der Waals surface area (Å²) in [5, 5.41) is 0. The third kappa shape index (κ3) is 6.33. The molecule has 144 valence electrons. The SMILES string of the molecule is CCOc1ccc(OCc2ccc(C(=O)NNC(=O)[C@H](C)CC)cc2)cc1. The molecule has 0 spiro atoms. The number of benzene rings is 2. The summed E-state index contributed by atoms with van der Waals surface area (Å²) in [7, 11) is 0. The van der Waals surface area contributed by atoms with E-state index < -0.39 is 0 Å². The maximum absolute atomic E-state index is 12.1. The van der Waals surface area contributed by atoms with Gasteiger partial charge in [0.1, 0.15) is 18.1 Å². The Morgan fingerprint density at radius 3 is 2.04 bits per heavy atom. The van der Waals surface area contributed by atoms with E-state index in [1.165, 1.54) is 0 Å². The van der Waals surface area contributed by atoms with E-state index in [1.807, 2.05) is 50.2 Å². The largest absolute Gasteiger partial charge is 0.494 e. The zero-order valence-corrected chi connectivity index (χ0v) is 16.0. The lowest BCUT2D eigenvalue weighted by Gasteiger charge is -2.11. The minimum Gasteiger partial charge on any atom is -0.494 e. The number of rotatable bonds is 8. The van der Waals surface area contributed by atoms with Gasteiger partial charge in [0, 0.05) is 11.5 Å². The van der Waals surface area contributed by atoms with Gasteiger partial charge in [0.25, 0.3) is 5.91 Å². The second kappa shape index (κ2) is 10.2. The van der Waals surface area contributed by atoms with Crippen LogP contribution in [0.1, 0.15) is 43.1 Å². The van der Waals surface area contributed by atoms with Crippen LogP contribution in [0.25, 0.3) is 0 Å². The van der Waals surface area contributed by atoms with E-state index in [2.05, 4.69) is 10.9 Å². The van der Waals surface area contributed by atoms with E-state index >= 15 is 0 Å². The highest BCUT2D eigenvalue weighted by molar-refractivity contribution is 5.95. The molecule has 27 heavy (non-hydrogen) atoms. The van der Waals surface area contributed by atoms with Crippen molar-refractivity contribution in [3.8, 4) is 11.5 Å². The van der Waals surface area contributed by atoms with Gasteiger partial charge < -0.3 is 9.47 Å². The van der Waals surface area contributed by atoms with Crippen LogP contribution in [0.15, 0.2) is 48.5 Å². The molecule has 2 aromatic rings. The monoisotopic (exact) mass is 370 g/mol. The number of hydrogen-bond donors (Lipinski definition) is 2. The van der Waals surface area contributed by atoms with Crippen molar-refractivity contribution in [3.05, 3.63) is 59.7 Å². The minimum atomic E-state index is -0.356. The number of carbonyl (C=O) groups excluding carboxylic acids is 2. The molecule has 6 heteroatoms. The van der Waals surface area contributed by atoms with Gasteiger partial charge in [-0.15, -0.1) is 0 Å². The van der Waals surface area contributed by atoms with Crippen LogP contribution in [-0.2, 0) is 11.4 Å². The first kappa shape index (κ1) is 20.3. The van der Waals surface area contributed by atoms with Crippen LogP contribution in [-0.4, -0.2) is 18.4 Å². The molecule has 0 aliphatic carbocycles. The van der Waals surface area contributed by atoms with Crippen molar-refractivity contribution in [2.24, 2.45) is 5.92 Å². The van der Waals surface area contributed by atoms with Gasteiger partial charge in [0.2, 0.25) is 5.91 Å². The Labute approximate surface area is 159 Å². The molecular weight excluding hydrogens is 344 g/mol. The maximum atomic E-state index is 12.1. The molecule has 0 fully saturated rings. The van der Waals surface area contributed by atoms with E-state index in [0.29, 0.717) is 25.2 Å². The molecule has 0 aliphatic heterocycles. The van der Waals surface area contributed by atoms with Crippen LogP contribution in [0.3, 0.4) is 0 Å². The fourth-order valence-corrected chi connectivity index (χ4v) is 2.22. The molecule has 0 saturated carbocycles. The molecule has 2 aromatic carbocycles. The second-order valence-electron chi connectivity index (χ2n) is 6.14. The van der Waals surface area contributed by atoms with Gasteiger partial charge in [-0.2, -0.15) is 0 Å². The van der Waals surface area contributed by atoms with Crippen LogP contribution in [0.5, 0.6) is 11.5 Å². The lowest BCUT2D eigenvalue weighted by molar-refractivity contribution is -0.125. The molecular formula is C21H26N2O4. The molecule has 6 nitrogen and oxygen atoms in total. The van der Waals surface area contributed by atoms with Crippen molar-refractivity contribution < 1.29 is 19.1 Å². The van der Waals surface area contributed by atoms with Crippen LogP contribution in [0, 0.1) is 5.92 Å². The fraction of sp³-hybridized carbons (Fsp3) is 0.333. The number of hydrogen-bond acceptors (Lipinski definition) is 4. The number of carbonyl (C=O) groups is 2. The predicted molar refractivity (Wildman–Crippen MR) is 103 cm³/mol. The lowest BCUT2D eigenvalue weighted by Crippen LogP contribution is -2.43. The number of ether oxygens (including phenoxy) is 2. The molecule has 0 radical (unpaired) electrons. The highest BCUT2D eigenvalue weighted by Crippen LogP contribution is 2.18. The van der Waals surface area contributed by atoms with Crippen molar-refractivity contribution >= 4 is 11.8 Å². The normalized spacial score (nSPS) is 11.4. The minimum absolute atomic E-state index is 0.146. The van der Waals surface area contributed by atoms with Gasteiger partial charge in [-0.05, 0) is 55.3 Å². The summed E-state index contributed by atoms with van der Waals surface area (Å²) in [5.74, 6) is 0.845.